The molecule has 0 saturated carbocycles. The summed E-state index contributed by atoms with van der Waals surface area (Å²) >= 11 is 18.6. The molecule has 1 saturated heterocycles. The summed E-state index contributed by atoms with van der Waals surface area (Å²) in [5, 5.41) is 7.73. The van der Waals surface area contributed by atoms with Gasteiger partial charge in [0.05, 0.1) is 6.04 Å². The van der Waals surface area contributed by atoms with Crippen molar-refractivity contribution in [1.29, 1.82) is 0 Å². The Balaban J connectivity index is 1.80. The van der Waals surface area contributed by atoms with E-state index in [4.69, 9.17) is 34.8 Å². The molecule has 1 spiro atoms. The van der Waals surface area contributed by atoms with E-state index in [1.807, 2.05) is 30.3 Å². The molecule has 2 aliphatic rings. The number of carbonyl (C=O) groups excluding carboxylic acids is 2. The quantitative estimate of drug-likeness (QED) is 0.490. The Morgan fingerprint density at radius 3 is 2.26 bits per heavy atom. The number of hydrogen-bond acceptors (Lipinski definition) is 2. The first kappa shape index (κ1) is 20.4. The molecule has 2 heterocycles. The molecular formula is C24H17Cl3N2O2. The number of benzene rings is 3. The lowest BCUT2D eigenvalue weighted by Gasteiger charge is -2.46. The van der Waals surface area contributed by atoms with Gasteiger partial charge in [0, 0.05) is 33.1 Å². The van der Waals surface area contributed by atoms with Gasteiger partial charge in [-0.15, -0.1) is 0 Å². The van der Waals surface area contributed by atoms with Crippen LogP contribution in [0.2, 0.25) is 15.1 Å². The monoisotopic (exact) mass is 470 g/mol. The molecule has 5 rings (SSSR count). The van der Waals surface area contributed by atoms with Crippen LogP contribution in [-0.2, 0) is 15.0 Å². The van der Waals surface area contributed by atoms with Crippen LogP contribution in [0.25, 0.3) is 0 Å². The fourth-order valence-electron chi connectivity index (χ4n) is 4.95. The lowest BCUT2D eigenvalue weighted by molar-refractivity contribution is -0.131. The Morgan fingerprint density at radius 2 is 1.52 bits per heavy atom. The third kappa shape index (κ3) is 3.21. The van der Waals surface area contributed by atoms with Crippen molar-refractivity contribution in [3.8, 4) is 0 Å². The Kier molecular flexibility index (Phi) is 4.97. The van der Waals surface area contributed by atoms with Crippen molar-refractivity contribution in [3.63, 3.8) is 0 Å². The topological polar surface area (TPSA) is 58.2 Å². The van der Waals surface area contributed by atoms with E-state index < -0.39 is 17.4 Å². The van der Waals surface area contributed by atoms with E-state index >= 15 is 0 Å². The maximum absolute atomic E-state index is 13.8. The van der Waals surface area contributed by atoms with Gasteiger partial charge in [-0.1, -0.05) is 65.1 Å². The third-order valence-corrected chi connectivity index (χ3v) is 6.93. The molecule has 4 nitrogen and oxygen atoms in total. The standard InChI is InChI=1S/C24H17Cl3N2O2/c25-15-6-4-13(5-7-15)19-12-21(30)29-22(14-2-1-3-16(26)10-14)24(19)18-9-8-17(27)11-20(18)28-23(24)31/h1-11,19,22H,12H2,(H,28,31)(H,29,30)/t19?,22-,24+/m0/s1. The van der Waals surface area contributed by atoms with Gasteiger partial charge in [-0.25, -0.2) is 0 Å². The van der Waals surface area contributed by atoms with Gasteiger partial charge < -0.3 is 10.6 Å². The zero-order valence-electron chi connectivity index (χ0n) is 16.2. The first-order chi connectivity index (χ1) is 14.9. The highest BCUT2D eigenvalue weighted by molar-refractivity contribution is 6.31. The molecule has 0 aliphatic carbocycles. The average molecular weight is 472 g/mol. The van der Waals surface area contributed by atoms with Crippen molar-refractivity contribution in [3.05, 3.63) is 98.5 Å². The molecule has 3 aromatic carbocycles. The molecule has 2 aliphatic heterocycles. The van der Waals surface area contributed by atoms with Crippen LogP contribution >= 0.6 is 34.8 Å². The van der Waals surface area contributed by atoms with Gasteiger partial charge in [-0.05, 0) is 53.1 Å². The van der Waals surface area contributed by atoms with Gasteiger partial charge in [0.15, 0.2) is 0 Å². The molecule has 31 heavy (non-hydrogen) atoms. The van der Waals surface area contributed by atoms with E-state index in [1.54, 1.807) is 36.4 Å². The van der Waals surface area contributed by atoms with E-state index in [1.165, 1.54) is 0 Å². The molecule has 3 aromatic rings. The molecule has 2 amide bonds. The lowest BCUT2D eigenvalue weighted by Crippen LogP contribution is -2.56. The number of anilines is 1. The number of halogens is 3. The largest absolute Gasteiger partial charge is 0.348 e. The maximum atomic E-state index is 13.8. The number of amides is 2. The summed E-state index contributed by atoms with van der Waals surface area (Å²) in [5.74, 6) is -0.731. The number of carbonyl (C=O) groups is 2. The summed E-state index contributed by atoms with van der Waals surface area (Å²) in [4.78, 5) is 26.7. The van der Waals surface area contributed by atoms with E-state index in [-0.39, 0.29) is 18.2 Å². The van der Waals surface area contributed by atoms with E-state index in [2.05, 4.69) is 10.6 Å². The van der Waals surface area contributed by atoms with E-state index in [9.17, 15) is 9.59 Å². The smallest absolute Gasteiger partial charge is 0.238 e. The summed E-state index contributed by atoms with van der Waals surface area (Å²) in [6.45, 7) is 0. The fourth-order valence-corrected chi connectivity index (χ4v) is 5.45. The first-order valence-electron chi connectivity index (χ1n) is 9.81. The summed E-state index contributed by atoms with van der Waals surface area (Å²) in [5.41, 5.74) is 2.00. The highest BCUT2D eigenvalue weighted by Gasteiger charge is 2.61. The van der Waals surface area contributed by atoms with Crippen LogP contribution in [0.1, 0.15) is 35.1 Å². The Hall–Kier alpha value is -2.53. The van der Waals surface area contributed by atoms with Crippen molar-refractivity contribution >= 4 is 52.3 Å². The zero-order valence-corrected chi connectivity index (χ0v) is 18.4. The van der Waals surface area contributed by atoms with Crippen LogP contribution in [0.5, 0.6) is 0 Å². The summed E-state index contributed by atoms with van der Waals surface area (Å²) in [6, 6.07) is 19.3. The van der Waals surface area contributed by atoms with Gasteiger partial charge in [-0.3, -0.25) is 9.59 Å². The summed E-state index contributed by atoms with van der Waals surface area (Å²) in [7, 11) is 0. The van der Waals surface area contributed by atoms with Crippen LogP contribution in [0.3, 0.4) is 0 Å². The van der Waals surface area contributed by atoms with E-state index in [0.29, 0.717) is 20.8 Å². The summed E-state index contributed by atoms with van der Waals surface area (Å²) in [6.07, 6.45) is 0.161. The second-order valence-corrected chi connectivity index (χ2v) is 9.19. The van der Waals surface area contributed by atoms with Crippen molar-refractivity contribution < 1.29 is 9.59 Å². The first-order valence-corrected chi connectivity index (χ1v) is 10.9. The molecule has 7 heteroatoms. The average Bonchev–Trinajstić information content (AvgIpc) is 3.01. The van der Waals surface area contributed by atoms with Crippen LogP contribution in [0.4, 0.5) is 5.69 Å². The normalized spacial score (nSPS) is 24.6. The second kappa shape index (κ2) is 7.56. The lowest BCUT2D eigenvalue weighted by atomic mass is 9.59. The minimum atomic E-state index is -1.08. The molecule has 3 atom stereocenters. The van der Waals surface area contributed by atoms with Gasteiger partial charge in [-0.2, -0.15) is 0 Å². The van der Waals surface area contributed by atoms with Gasteiger partial charge in [0.2, 0.25) is 11.8 Å². The molecule has 1 fully saturated rings. The summed E-state index contributed by atoms with van der Waals surface area (Å²) < 4.78 is 0. The minimum absolute atomic E-state index is 0.134. The molecule has 0 aromatic heterocycles. The number of nitrogens with one attached hydrogen (secondary N) is 2. The number of rotatable bonds is 2. The van der Waals surface area contributed by atoms with Crippen molar-refractivity contribution in [2.75, 3.05) is 5.32 Å². The molecule has 1 unspecified atom stereocenters. The van der Waals surface area contributed by atoms with Crippen LogP contribution in [0.15, 0.2) is 66.7 Å². The highest BCUT2D eigenvalue weighted by atomic mass is 35.5. The number of hydrogen-bond donors (Lipinski definition) is 2. The molecular weight excluding hydrogens is 455 g/mol. The SMILES string of the molecule is O=C1CC(c2ccc(Cl)cc2)[C@@]2(C(=O)Nc3cc(Cl)ccc32)[C@H](c2cccc(Cl)c2)N1. The maximum Gasteiger partial charge on any atom is 0.238 e. The predicted octanol–water partition coefficient (Wildman–Crippen LogP) is 5.88. The molecule has 156 valence electrons. The van der Waals surface area contributed by atoms with Gasteiger partial charge >= 0.3 is 0 Å². The Labute approximate surface area is 194 Å². The predicted molar refractivity (Wildman–Crippen MR) is 123 cm³/mol. The van der Waals surface area contributed by atoms with Gasteiger partial charge in [0.25, 0.3) is 0 Å². The van der Waals surface area contributed by atoms with Crippen LogP contribution in [0, 0.1) is 0 Å². The number of piperidine rings is 1. The zero-order chi connectivity index (χ0) is 21.8. The van der Waals surface area contributed by atoms with Crippen LogP contribution < -0.4 is 10.6 Å². The second-order valence-electron chi connectivity index (χ2n) is 7.88. The third-order valence-electron chi connectivity index (χ3n) is 6.21. The van der Waals surface area contributed by atoms with Crippen LogP contribution in [-0.4, -0.2) is 11.8 Å². The van der Waals surface area contributed by atoms with Crippen molar-refractivity contribution in [2.45, 2.75) is 23.8 Å². The molecule has 2 N–H and O–H groups in total. The fraction of sp³-hybridized carbons (Fsp3) is 0.167. The number of fused-ring (bicyclic) bond motifs is 2. The van der Waals surface area contributed by atoms with Crippen molar-refractivity contribution in [1.82, 2.24) is 5.32 Å². The van der Waals surface area contributed by atoms with Gasteiger partial charge in [0.1, 0.15) is 5.41 Å². The Bertz CT molecular complexity index is 1210. The minimum Gasteiger partial charge on any atom is -0.348 e. The Morgan fingerprint density at radius 1 is 0.806 bits per heavy atom. The molecule has 0 radical (unpaired) electrons. The highest BCUT2D eigenvalue weighted by Crippen LogP contribution is 2.57. The van der Waals surface area contributed by atoms with Crippen molar-refractivity contribution in [2.24, 2.45) is 0 Å². The van der Waals surface area contributed by atoms with E-state index in [0.717, 1.165) is 16.7 Å². The molecule has 0 bridgehead atoms.